The molecule has 1 amide bonds. The molecule has 0 aromatic heterocycles. The number of hydrogen-bond acceptors (Lipinski definition) is 3. The van der Waals surface area contributed by atoms with Gasteiger partial charge in [0.25, 0.3) is 0 Å². The zero-order chi connectivity index (χ0) is 18.0. The maximum atomic E-state index is 12.7. The molecule has 1 heterocycles. The summed E-state index contributed by atoms with van der Waals surface area (Å²) in [5.74, 6) is 0.712. The molecule has 1 aromatic rings. The second-order valence-electron chi connectivity index (χ2n) is 7.03. The van der Waals surface area contributed by atoms with Crippen LogP contribution in [0.25, 0.3) is 0 Å². The lowest BCUT2D eigenvalue weighted by molar-refractivity contribution is -0.119. The molecule has 1 saturated carbocycles. The van der Waals surface area contributed by atoms with Crippen molar-refractivity contribution in [3.8, 4) is 0 Å². The molecule has 138 valence electrons. The minimum absolute atomic E-state index is 0.185. The van der Waals surface area contributed by atoms with Crippen molar-refractivity contribution in [3.63, 3.8) is 0 Å². The quantitative estimate of drug-likeness (QED) is 0.779. The molecular weight excluding hydrogens is 336 g/mol. The number of benzene rings is 1. The van der Waals surface area contributed by atoms with Gasteiger partial charge in [0, 0.05) is 31.7 Å². The summed E-state index contributed by atoms with van der Waals surface area (Å²) in [7, 11) is -3.45. The smallest absolute Gasteiger partial charge is 0.243 e. The molecule has 0 radical (unpaired) electrons. The summed E-state index contributed by atoms with van der Waals surface area (Å²) in [6, 6.07) is 5.21. The Labute approximate surface area is 151 Å². The Balaban J connectivity index is 1.79. The lowest BCUT2D eigenvalue weighted by Crippen LogP contribution is -2.31. The van der Waals surface area contributed by atoms with Gasteiger partial charge in [-0.05, 0) is 48.9 Å². The van der Waals surface area contributed by atoms with Crippen LogP contribution >= 0.6 is 0 Å². The van der Waals surface area contributed by atoms with Gasteiger partial charge in [0.1, 0.15) is 0 Å². The van der Waals surface area contributed by atoms with Gasteiger partial charge >= 0.3 is 0 Å². The molecule has 3 rings (SSSR count). The summed E-state index contributed by atoms with van der Waals surface area (Å²) in [6.07, 6.45) is 6.15. The molecule has 1 aliphatic carbocycles. The van der Waals surface area contributed by atoms with Gasteiger partial charge in [-0.15, -0.1) is 0 Å². The Kier molecular flexibility index (Phi) is 5.49. The molecule has 1 fully saturated rings. The second-order valence-corrected chi connectivity index (χ2v) is 8.97. The number of carbonyl (C=O) groups excluding carboxylic acids is 1. The highest BCUT2D eigenvalue weighted by Gasteiger charge is 2.30. The minimum atomic E-state index is -3.45. The third-order valence-corrected chi connectivity index (χ3v) is 7.57. The van der Waals surface area contributed by atoms with Crippen LogP contribution in [-0.2, 0) is 21.2 Å². The number of anilines is 1. The molecule has 1 aromatic carbocycles. The largest absolute Gasteiger partial charge is 0.312 e. The van der Waals surface area contributed by atoms with Crippen molar-refractivity contribution in [2.45, 2.75) is 57.3 Å². The van der Waals surface area contributed by atoms with Crippen molar-refractivity contribution < 1.29 is 13.2 Å². The first kappa shape index (κ1) is 18.4. The van der Waals surface area contributed by atoms with Crippen molar-refractivity contribution in [2.24, 2.45) is 5.92 Å². The predicted octanol–water partition coefficient (Wildman–Crippen LogP) is 3.19. The van der Waals surface area contributed by atoms with Gasteiger partial charge in [-0.1, -0.05) is 26.7 Å². The first-order valence-corrected chi connectivity index (χ1v) is 10.8. The van der Waals surface area contributed by atoms with Gasteiger partial charge in [0.15, 0.2) is 0 Å². The summed E-state index contributed by atoms with van der Waals surface area (Å²) in [5, 5.41) is 0. The molecular formula is C19H28N2O3S. The highest BCUT2D eigenvalue weighted by molar-refractivity contribution is 7.89. The lowest BCUT2D eigenvalue weighted by atomic mass is 10.0. The number of rotatable bonds is 6. The van der Waals surface area contributed by atoms with Crippen molar-refractivity contribution in [1.82, 2.24) is 4.31 Å². The van der Waals surface area contributed by atoms with E-state index >= 15 is 0 Å². The van der Waals surface area contributed by atoms with Crippen molar-refractivity contribution in [3.05, 3.63) is 23.8 Å². The number of hydrogen-bond donors (Lipinski definition) is 0. The molecule has 2 aliphatic rings. The van der Waals surface area contributed by atoms with Gasteiger partial charge in [-0.25, -0.2) is 8.42 Å². The van der Waals surface area contributed by atoms with E-state index in [0.29, 0.717) is 36.9 Å². The molecule has 0 saturated heterocycles. The Bertz CT molecular complexity index is 735. The van der Waals surface area contributed by atoms with Gasteiger partial charge in [0.2, 0.25) is 15.9 Å². The normalized spacial score (nSPS) is 18.1. The second kappa shape index (κ2) is 7.46. The predicted molar refractivity (Wildman–Crippen MR) is 99.2 cm³/mol. The van der Waals surface area contributed by atoms with Crippen LogP contribution < -0.4 is 4.90 Å². The van der Waals surface area contributed by atoms with E-state index in [-0.39, 0.29) is 5.91 Å². The molecule has 0 atom stereocenters. The van der Waals surface area contributed by atoms with E-state index in [2.05, 4.69) is 0 Å². The fourth-order valence-electron chi connectivity index (χ4n) is 4.08. The highest BCUT2D eigenvalue weighted by atomic mass is 32.2. The standard InChI is InChI=1S/C19H28N2O3S/c1-3-20(4-2)25(23,24)17-9-10-18-16(14-17)11-12-21(18)19(22)13-15-7-5-6-8-15/h9-10,14-15H,3-8,11-13H2,1-2H3. The zero-order valence-electron chi connectivity index (χ0n) is 15.2. The number of amides is 1. The molecule has 0 spiro atoms. The van der Waals surface area contributed by atoms with Crippen LogP contribution in [0, 0.1) is 5.92 Å². The Morgan fingerprint density at radius 1 is 1.20 bits per heavy atom. The van der Waals surface area contributed by atoms with E-state index < -0.39 is 10.0 Å². The maximum Gasteiger partial charge on any atom is 0.243 e. The van der Waals surface area contributed by atoms with Crippen LogP contribution in [-0.4, -0.2) is 38.3 Å². The average molecular weight is 365 g/mol. The first-order valence-electron chi connectivity index (χ1n) is 9.40. The van der Waals surface area contributed by atoms with Crippen LogP contribution in [0.5, 0.6) is 0 Å². The summed E-state index contributed by atoms with van der Waals surface area (Å²) >= 11 is 0. The summed E-state index contributed by atoms with van der Waals surface area (Å²) in [6.45, 7) is 5.27. The van der Waals surface area contributed by atoms with E-state index in [1.165, 1.54) is 17.1 Å². The number of nitrogens with zero attached hydrogens (tertiary/aromatic N) is 2. The van der Waals surface area contributed by atoms with Gasteiger partial charge in [-0.3, -0.25) is 4.79 Å². The van der Waals surface area contributed by atoms with Crippen LogP contribution in [0.3, 0.4) is 0 Å². The molecule has 6 heteroatoms. The Hall–Kier alpha value is -1.40. The third-order valence-electron chi connectivity index (χ3n) is 5.53. The average Bonchev–Trinajstić information content (AvgIpc) is 3.24. The third kappa shape index (κ3) is 3.60. The van der Waals surface area contributed by atoms with E-state index in [0.717, 1.165) is 30.5 Å². The molecule has 0 bridgehead atoms. The van der Waals surface area contributed by atoms with E-state index in [9.17, 15) is 13.2 Å². The fraction of sp³-hybridized carbons (Fsp3) is 0.632. The first-order chi connectivity index (χ1) is 12.0. The topological polar surface area (TPSA) is 57.7 Å². The molecule has 5 nitrogen and oxygen atoms in total. The van der Waals surface area contributed by atoms with Gasteiger partial charge in [-0.2, -0.15) is 4.31 Å². The van der Waals surface area contributed by atoms with Crippen molar-refractivity contribution >= 4 is 21.6 Å². The van der Waals surface area contributed by atoms with Gasteiger partial charge in [0.05, 0.1) is 4.90 Å². The van der Waals surface area contributed by atoms with E-state index in [4.69, 9.17) is 0 Å². The highest BCUT2D eigenvalue weighted by Crippen LogP contribution is 2.34. The number of carbonyl (C=O) groups is 1. The van der Waals surface area contributed by atoms with Crippen LogP contribution in [0.2, 0.25) is 0 Å². The number of sulfonamides is 1. The molecule has 0 N–H and O–H groups in total. The molecule has 1 aliphatic heterocycles. The van der Waals surface area contributed by atoms with Crippen molar-refractivity contribution in [2.75, 3.05) is 24.5 Å². The lowest BCUT2D eigenvalue weighted by Gasteiger charge is -2.21. The summed E-state index contributed by atoms with van der Waals surface area (Å²) in [4.78, 5) is 14.8. The SMILES string of the molecule is CCN(CC)S(=O)(=O)c1ccc2c(c1)CCN2C(=O)CC1CCCC1. The van der Waals surface area contributed by atoms with Crippen LogP contribution in [0.4, 0.5) is 5.69 Å². The maximum absolute atomic E-state index is 12.7. The monoisotopic (exact) mass is 364 g/mol. The number of fused-ring (bicyclic) bond motifs is 1. The van der Waals surface area contributed by atoms with Gasteiger partial charge < -0.3 is 4.90 Å². The van der Waals surface area contributed by atoms with Crippen molar-refractivity contribution in [1.29, 1.82) is 0 Å². The fourth-order valence-corrected chi connectivity index (χ4v) is 5.59. The van der Waals surface area contributed by atoms with E-state index in [1.807, 2.05) is 24.8 Å². The summed E-state index contributed by atoms with van der Waals surface area (Å²) < 4.78 is 26.8. The summed E-state index contributed by atoms with van der Waals surface area (Å²) in [5.41, 5.74) is 1.86. The van der Waals surface area contributed by atoms with E-state index in [1.54, 1.807) is 12.1 Å². The van der Waals surface area contributed by atoms with Crippen LogP contribution in [0.1, 0.15) is 51.5 Å². The Morgan fingerprint density at radius 2 is 1.88 bits per heavy atom. The molecule has 25 heavy (non-hydrogen) atoms. The Morgan fingerprint density at radius 3 is 2.52 bits per heavy atom. The molecule has 0 unspecified atom stereocenters. The minimum Gasteiger partial charge on any atom is -0.312 e. The zero-order valence-corrected chi connectivity index (χ0v) is 16.0. The van der Waals surface area contributed by atoms with Crippen LogP contribution in [0.15, 0.2) is 23.1 Å².